The largest absolute Gasteiger partial charge is 0.353 e. The summed E-state index contributed by atoms with van der Waals surface area (Å²) >= 11 is 0. The topological polar surface area (TPSA) is 47.6 Å². The minimum absolute atomic E-state index is 0.189. The molecule has 0 bridgehead atoms. The van der Waals surface area contributed by atoms with E-state index in [-0.39, 0.29) is 17.4 Å². The van der Waals surface area contributed by atoms with Crippen LogP contribution in [-0.4, -0.2) is 30.9 Å². The van der Waals surface area contributed by atoms with Crippen LogP contribution in [0, 0.1) is 5.41 Å². The Labute approximate surface area is 102 Å². The molecule has 1 N–H and O–H groups in total. The average molecular weight is 239 g/mol. The highest BCUT2D eigenvalue weighted by Crippen LogP contribution is 2.50. The highest BCUT2D eigenvalue weighted by Gasteiger charge is 2.53. The van der Waals surface area contributed by atoms with E-state index in [0.29, 0.717) is 19.6 Å². The fraction of sp³-hybridized carbons (Fsp3) is 0.923. The second-order valence-electron chi connectivity index (χ2n) is 5.65. The van der Waals surface area contributed by atoms with E-state index in [0.717, 1.165) is 32.1 Å². The van der Waals surface area contributed by atoms with Crippen LogP contribution in [0.4, 0.5) is 0 Å². The van der Waals surface area contributed by atoms with Gasteiger partial charge in [-0.25, -0.2) is 0 Å². The van der Waals surface area contributed by atoms with Gasteiger partial charge in [0.05, 0.1) is 13.2 Å². The molecule has 0 aromatic heterocycles. The lowest BCUT2D eigenvalue weighted by Gasteiger charge is -2.51. The first-order valence-electron chi connectivity index (χ1n) is 6.75. The molecule has 3 fully saturated rings. The Kier molecular flexibility index (Phi) is 2.67. The van der Waals surface area contributed by atoms with Crippen molar-refractivity contribution in [3.63, 3.8) is 0 Å². The molecule has 96 valence electrons. The fourth-order valence-corrected chi connectivity index (χ4v) is 3.73. The third kappa shape index (κ3) is 1.78. The van der Waals surface area contributed by atoms with Crippen LogP contribution in [0.2, 0.25) is 0 Å². The highest BCUT2D eigenvalue weighted by molar-refractivity contribution is 5.77. The van der Waals surface area contributed by atoms with Crippen molar-refractivity contribution < 1.29 is 14.3 Å². The highest BCUT2D eigenvalue weighted by atomic mass is 16.7. The van der Waals surface area contributed by atoms with Gasteiger partial charge in [-0.2, -0.15) is 0 Å². The molecule has 2 aliphatic heterocycles. The first-order chi connectivity index (χ1) is 8.18. The number of carbonyl (C=O) groups excluding carboxylic acids is 1. The van der Waals surface area contributed by atoms with Crippen molar-refractivity contribution in [3.05, 3.63) is 0 Å². The van der Waals surface area contributed by atoms with E-state index in [1.807, 2.05) is 0 Å². The summed E-state index contributed by atoms with van der Waals surface area (Å²) in [5.74, 6) is -0.206. The first-order valence-corrected chi connectivity index (χ1v) is 6.75. The Balaban J connectivity index is 1.81. The second kappa shape index (κ2) is 3.95. The number of hydrogen-bond donors (Lipinski definition) is 1. The predicted octanol–water partition coefficient (Wildman–Crippen LogP) is 1.59. The minimum Gasteiger partial charge on any atom is -0.353 e. The molecule has 0 radical (unpaired) electrons. The molecule has 0 aromatic rings. The van der Waals surface area contributed by atoms with Crippen molar-refractivity contribution >= 4 is 5.91 Å². The van der Waals surface area contributed by atoms with Crippen LogP contribution in [0.1, 0.15) is 45.4 Å². The summed E-state index contributed by atoms with van der Waals surface area (Å²) in [5, 5.41) is 3.16. The van der Waals surface area contributed by atoms with Crippen LogP contribution in [0.3, 0.4) is 0 Å². The van der Waals surface area contributed by atoms with Crippen LogP contribution in [0.25, 0.3) is 0 Å². The van der Waals surface area contributed by atoms with E-state index in [2.05, 4.69) is 12.2 Å². The quantitative estimate of drug-likeness (QED) is 0.756. The Hall–Kier alpha value is -0.610. The summed E-state index contributed by atoms with van der Waals surface area (Å²) in [6.45, 7) is 3.62. The van der Waals surface area contributed by atoms with E-state index in [1.165, 1.54) is 0 Å². The maximum atomic E-state index is 11.6. The zero-order chi connectivity index (χ0) is 11.9. The van der Waals surface area contributed by atoms with Gasteiger partial charge >= 0.3 is 0 Å². The first kappa shape index (κ1) is 11.5. The summed E-state index contributed by atoms with van der Waals surface area (Å²) in [6, 6.07) is 0.237. The van der Waals surface area contributed by atoms with Crippen molar-refractivity contribution in [2.24, 2.45) is 5.41 Å². The van der Waals surface area contributed by atoms with Crippen molar-refractivity contribution in [2.45, 2.75) is 57.3 Å². The maximum absolute atomic E-state index is 11.6. The number of nitrogens with one attached hydrogen (secondary N) is 1. The van der Waals surface area contributed by atoms with Gasteiger partial charge in [-0.15, -0.1) is 0 Å². The molecule has 1 aliphatic carbocycles. The molecular formula is C13H21NO3. The van der Waals surface area contributed by atoms with Gasteiger partial charge in [0.2, 0.25) is 5.91 Å². The lowest BCUT2D eigenvalue weighted by molar-refractivity contribution is -0.203. The summed E-state index contributed by atoms with van der Waals surface area (Å²) < 4.78 is 11.6. The van der Waals surface area contributed by atoms with Gasteiger partial charge in [0.25, 0.3) is 0 Å². The SMILES string of the molecule is CC[C@@]12CCC(=O)N[C@@H]1CC1(CC2)OCCO1. The lowest BCUT2D eigenvalue weighted by atomic mass is 9.63. The Morgan fingerprint density at radius 2 is 2.06 bits per heavy atom. The minimum atomic E-state index is -0.395. The third-order valence-electron chi connectivity index (χ3n) is 4.96. The van der Waals surface area contributed by atoms with Crippen LogP contribution in [0.5, 0.6) is 0 Å². The van der Waals surface area contributed by atoms with E-state index < -0.39 is 5.79 Å². The van der Waals surface area contributed by atoms with Gasteiger partial charge in [-0.05, 0) is 24.7 Å². The summed E-state index contributed by atoms with van der Waals surface area (Å²) in [4.78, 5) is 11.6. The van der Waals surface area contributed by atoms with Crippen LogP contribution >= 0.6 is 0 Å². The number of amides is 1. The van der Waals surface area contributed by atoms with Crippen molar-refractivity contribution in [3.8, 4) is 0 Å². The normalized spacial score (nSPS) is 40.1. The van der Waals surface area contributed by atoms with Gasteiger partial charge in [0, 0.05) is 25.3 Å². The van der Waals surface area contributed by atoms with Crippen LogP contribution in [-0.2, 0) is 14.3 Å². The molecule has 17 heavy (non-hydrogen) atoms. The molecular weight excluding hydrogens is 218 g/mol. The molecule has 4 nitrogen and oxygen atoms in total. The molecule has 3 aliphatic rings. The molecule has 0 unspecified atom stereocenters. The standard InChI is InChI=1S/C13H21NO3/c1-2-12-4-3-11(15)14-10(12)9-13(6-5-12)16-7-8-17-13/h10H,2-9H2,1H3,(H,14,15)/t10-,12+/m1/s1. The number of carbonyl (C=O) groups is 1. The van der Waals surface area contributed by atoms with Gasteiger partial charge < -0.3 is 14.8 Å². The molecule has 0 aromatic carbocycles. The summed E-state index contributed by atoms with van der Waals surface area (Å²) in [5.41, 5.74) is 0.286. The van der Waals surface area contributed by atoms with Crippen molar-refractivity contribution in [2.75, 3.05) is 13.2 Å². The third-order valence-corrected chi connectivity index (χ3v) is 4.96. The second-order valence-corrected chi connectivity index (χ2v) is 5.65. The lowest BCUT2D eigenvalue weighted by Crippen LogP contribution is -2.59. The number of piperidine rings is 1. The smallest absolute Gasteiger partial charge is 0.220 e. The zero-order valence-corrected chi connectivity index (χ0v) is 10.5. The van der Waals surface area contributed by atoms with Crippen molar-refractivity contribution in [1.82, 2.24) is 5.32 Å². The maximum Gasteiger partial charge on any atom is 0.220 e. The zero-order valence-electron chi connectivity index (χ0n) is 10.5. The number of hydrogen-bond acceptors (Lipinski definition) is 3. The average Bonchev–Trinajstić information content (AvgIpc) is 2.78. The fourth-order valence-electron chi connectivity index (χ4n) is 3.73. The van der Waals surface area contributed by atoms with Gasteiger partial charge in [-0.3, -0.25) is 4.79 Å². The summed E-state index contributed by atoms with van der Waals surface area (Å²) in [6.07, 6.45) is 5.75. The van der Waals surface area contributed by atoms with Gasteiger partial charge in [-0.1, -0.05) is 6.92 Å². The molecule has 2 heterocycles. The molecule has 1 saturated carbocycles. The Bertz CT molecular complexity index is 325. The van der Waals surface area contributed by atoms with Crippen LogP contribution < -0.4 is 5.32 Å². The van der Waals surface area contributed by atoms with Gasteiger partial charge in [0.15, 0.2) is 5.79 Å². The molecule has 4 heteroatoms. The molecule has 2 saturated heterocycles. The summed E-state index contributed by atoms with van der Waals surface area (Å²) in [7, 11) is 0. The molecule has 3 rings (SSSR count). The predicted molar refractivity (Wildman–Crippen MR) is 62.4 cm³/mol. The molecule has 1 spiro atoms. The molecule has 2 atom stereocenters. The van der Waals surface area contributed by atoms with E-state index in [1.54, 1.807) is 0 Å². The number of fused-ring (bicyclic) bond motifs is 1. The number of ether oxygens (including phenoxy) is 2. The van der Waals surface area contributed by atoms with E-state index >= 15 is 0 Å². The number of rotatable bonds is 1. The Morgan fingerprint density at radius 3 is 2.76 bits per heavy atom. The Morgan fingerprint density at radius 1 is 1.29 bits per heavy atom. The van der Waals surface area contributed by atoms with E-state index in [4.69, 9.17) is 9.47 Å². The van der Waals surface area contributed by atoms with Gasteiger partial charge in [0.1, 0.15) is 0 Å². The van der Waals surface area contributed by atoms with Crippen LogP contribution in [0.15, 0.2) is 0 Å². The van der Waals surface area contributed by atoms with E-state index in [9.17, 15) is 4.79 Å². The molecule has 1 amide bonds. The monoisotopic (exact) mass is 239 g/mol. The van der Waals surface area contributed by atoms with Crippen molar-refractivity contribution in [1.29, 1.82) is 0 Å².